The number of likely N-dealkylation sites (tertiary alicyclic amines) is 1. The summed E-state index contributed by atoms with van der Waals surface area (Å²) in [6, 6.07) is 5.55. The minimum Gasteiger partial charge on any atom is -0.481 e. The smallest absolute Gasteiger partial charge is 0.317 e. The quantitative estimate of drug-likeness (QED) is 0.894. The van der Waals surface area contributed by atoms with Crippen molar-refractivity contribution in [1.29, 1.82) is 0 Å². The number of nitrogens with zero attached hydrogens (tertiary/aromatic N) is 1. The van der Waals surface area contributed by atoms with Crippen molar-refractivity contribution in [2.75, 3.05) is 13.1 Å². The first-order valence-electron chi connectivity index (χ1n) is 7.50. The minimum absolute atomic E-state index is 0.0664. The number of nitrogens with one attached hydrogen (secondary N) is 1. The second-order valence-electron chi connectivity index (χ2n) is 5.84. The fraction of sp³-hybridized carbons (Fsp3) is 0.500. The third-order valence-corrected chi connectivity index (χ3v) is 4.04. The number of hydrogen-bond acceptors (Lipinski definition) is 2. The molecule has 1 aliphatic heterocycles. The largest absolute Gasteiger partial charge is 0.481 e. The Kier molecular flexibility index (Phi) is 5.18. The van der Waals surface area contributed by atoms with E-state index in [0.29, 0.717) is 25.9 Å². The van der Waals surface area contributed by atoms with E-state index in [1.165, 1.54) is 12.1 Å². The van der Waals surface area contributed by atoms with Gasteiger partial charge in [0.15, 0.2) is 0 Å². The van der Waals surface area contributed by atoms with Gasteiger partial charge in [-0.25, -0.2) is 13.6 Å². The van der Waals surface area contributed by atoms with E-state index in [1.54, 1.807) is 17.0 Å². The van der Waals surface area contributed by atoms with E-state index in [2.05, 4.69) is 5.32 Å². The van der Waals surface area contributed by atoms with Gasteiger partial charge in [-0.2, -0.15) is 0 Å². The maximum atomic E-state index is 13.1. The van der Waals surface area contributed by atoms with Crippen LogP contribution in [0.25, 0.3) is 0 Å². The molecule has 0 aliphatic carbocycles. The number of carbonyl (C=O) groups is 2. The van der Waals surface area contributed by atoms with Crippen LogP contribution in [0.15, 0.2) is 24.3 Å². The molecule has 2 amide bonds. The number of amides is 2. The van der Waals surface area contributed by atoms with E-state index >= 15 is 0 Å². The molecule has 0 spiro atoms. The maximum absolute atomic E-state index is 13.1. The lowest BCUT2D eigenvalue weighted by Gasteiger charge is -2.30. The van der Waals surface area contributed by atoms with E-state index in [4.69, 9.17) is 5.11 Å². The van der Waals surface area contributed by atoms with Crippen LogP contribution in [0, 0.1) is 5.92 Å². The molecule has 1 aromatic carbocycles. The highest BCUT2D eigenvalue weighted by Crippen LogP contribution is 2.26. The van der Waals surface area contributed by atoms with Crippen LogP contribution in [0.5, 0.6) is 0 Å². The van der Waals surface area contributed by atoms with Crippen molar-refractivity contribution in [3.05, 3.63) is 35.4 Å². The van der Waals surface area contributed by atoms with Gasteiger partial charge in [0.2, 0.25) is 0 Å². The van der Waals surface area contributed by atoms with Gasteiger partial charge < -0.3 is 15.3 Å². The number of halogens is 2. The fourth-order valence-corrected chi connectivity index (χ4v) is 2.53. The van der Waals surface area contributed by atoms with Gasteiger partial charge in [0.25, 0.3) is 5.92 Å². The van der Waals surface area contributed by atoms with Crippen molar-refractivity contribution in [3.63, 3.8) is 0 Å². The average Bonchev–Trinajstić information content (AvgIpc) is 2.52. The number of rotatable bonds is 4. The molecular weight excluding hydrogens is 306 g/mol. The minimum atomic E-state index is -2.88. The Balaban J connectivity index is 1.82. The van der Waals surface area contributed by atoms with Gasteiger partial charge in [0, 0.05) is 32.1 Å². The second-order valence-corrected chi connectivity index (χ2v) is 5.84. The molecule has 0 aromatic heterocycles. The standard InChI is InChI=1S/C16H20F2N2O3/c1-16(17,18)13-4-2-11(3-5-13)10-19-15(23)20-8-6-12(7-9-20)14(21)22/h2-5,12H,6-10H2,1H3,(H,19,23)(H,21,22). The highest BCUT2D eigenvalue weighted by atomic mass is 19.3. The van der Waals surface area contributed by atoms with Crippen LogP contribution >= 0.6 is 0 Å². The molecule has 0 saturated carbocycles. The van der Waals surface area contributed by atoms with Gasteiger partial charge in [-0.05, 0) is 18.4 Å². The van der Waals surface area contributed by atoms with Gasteiger partial charge >= 0.3 is 12.0 Å². The van der Waals surface area contributed by atoms with Gasteiger partial charge in [0.1, 0.15) is 0 Å². The fourth-order valence-electron chi connectivity index (χ4n) is 2.53. The molecule has 0 bridgehead atoms. The number of urea groups is 1. The molecule has 2 rings (SSSR count). The van der Waals surface area contributed by atoms with Crippen molar-refractivity contribution < 1.29 is 23.5 Å². The SMILES string of the molecule is CC(F)(F)c1ccc(CNC(=O)N2CCC(C(=O)O)CC2)cc1. The van der Waals surface area contributed by atoms with Gasteiger partial charge in [-0.15, -0.1) is 0 Å². The number of carboxylic acids is 1. The highest BCUT2D eigenvalue weighted by Gasteiger charge is 2.27. The highest BCUT2D eigenvalue weighted by molar-refractivity contribution is 5.75. The number of benzene rings is 1. The molecule has 1 aromatic rings. The van der Waals surface area contributed by atoms with Crippen LogP contribution in [0.3, 0.4) is 0 Å². The lowest BCUT2D eigenvalue weighted by molar-refractivity contribution is -0.143. The summed E-state index contributed by atoms with van der Waals surface area (Å²) in [4.78, 5) is 24.5. The Bertz CT molecular complexity index is 562. The molecule has 1 saturated heterocycles. The topological polar surface area (TPSA) is 69.6 Å². The van der Waals surface area contributed by atoms with Crippen LogP contribution in [0.1, 0.15) is 30.9 Å². The van der Waals surface area contributed by atoms with Crippen molar-refractivity contribution in [2.45, 2.75) is 32.2 Å². The first-order valence-corrected chi connectivity index (χ1v) is 7.50. The van der Waals surface area contributed by atoms with E-state index < -0.39 is 11.9 Å². The zero-order valence-electron chi connectivity index (χ0n) is 12.9. The van der Waals surface area contributed by atoms with Gasteiger partial charge in [0.05, 0.1) is 5.92 Å². The number of aliphatic carboxylic acids is 1. The Morgan fingerprint density at radius 3 is 2.30 bits per heavy atom. The Hall–Kier alpha value is -2.18. The number of alkyl halides is 2. The molecule has 2 N–H and O–H groups in total. The molecule has 0 radical (unpaired) electrons. The Labute approximate surface area is 133 Å². The molecule has 5 nitrogen and oxygen atoms in total. The zero-order valence-corrected chi connectivity index (χ0v) is 12.9. The summed E-state index contributed by atoms with van der Waals surface area (Å²) in [5, 5.41) is 11.6. The number of piperidine rings is 1. The predicted molar refractivity (Wildman–Crippen MR) is 80.2 cm³/mol. The number of hydrogen-bond donors (Lipinski definition) is 2. The number of carbonyl (C=O) groups excluding carboxylic acids is 1. The summed E-state index contributed by atoms with van der Waals surface area (Å²) >= 11 is 0. The average molecular weight is 326 g/mol. The maximum Gasteiger partial charge on any atom is 0.317 e. The summed E-state index contributed by atoms with van der Waals surface area (Å²) in [5.41, 5.74) is 0.662. The number of carboxylic acid groups (broad SMARTS) is 1. The molecule has 23 heavy (non-hydrogen) atoms. The normalized spacial score (nSPS) is 16.2. The van der Waals surface area contributed by atoms with Crippen LogP contribution in [0.4, 0.5) is 13.6 Å². The molecular formula is C16H20F2N2O3. The Morgan fingerprint density at radius 1 is 1.26 bits per heavy atom. The van der Waals surface area contributed by atoms with Crippen molar-refractivity contribution in [2.24, 2.45) is 5.92 Å². The monoisotopic (exact) mass is 326 g/mol. The molecule has 1 fully saturated rings. The van der Waals surface area contributed by atoms with Crippen molar-refractivity contribution in [1.82, 2.24) is 10.2 Å². The molecule has 7 heteroatoms. The zero-order chi connectivity index (χ0) is 17.0. The molecule has 126 valence electrons. The van der Waals surface area contributed by atoms with E-state index in [1.807, 2.05) is 0 Å². The van der Waals surface area contributed by atoms with E-state index in [9.17, 15) is 18.4 Å². The summed E-state index contributed by atoms with van der Waals surface area (Å²) in [6.45, 7) is 1.89. The predicted octanol–water partition coefficient (Wildman–Crippen LogP) is 2.80. The third-order valence-electron chi connectivity index (χ3n) is 4.04. The van der Waals surface area contributed by atoms with Gasteiger partial charge in [-0.1, -0.05) is 24.3 Å². The lowest BCUT2D eigenvalue weighted by atomic mass is 9.97. The summed E-state index contributed by atoms with van der Waals surface area (Å²) < 4.78 is 26.2. The summed E-state index contributed by atoms with van der Waals surface area (Å²) in [6.07, 6.45) is 0.895. The third kappa shape index (κ3) is 4.64. The first kappa shape index (κ1) is 17.2. The molecule has 0 atom stereocenters. The first-order chi connectivity index (χ1) is 10.8. The van der Waals surface area contributed by atoms with E-state index in [0.717, 1.165) is 12.5 Å². The van der Waals surface area contributed by atoms with Gasteiger partial charge in [-0.3, -0.25) is 4.79 Å². The van der Waals surface area contributed by atoms with Crippen LogP contribution in [0.2, 0.25) is 0 Å². The summed E-state index contributed by atoms with van der Waals surface area (Å²) in [7, 11) is 0. The molecule has 1 heterocycles. The molecule has 0 unspecified atom stereocenters. The van der Waals surface area contributed by atoms with Crippen LogP contribution in [-0.2, 0) is 17.3 Å². The second kappa shape index (κ2) is 6.93. The summed E-state index contributed by atoms with van der Waals surface area (Å²) in [5.74, 6) is -4.09. The van der Waals surface area contributed by atoms with Crippen LogP contribution < -0.4 is 5.32 Å². The van der Waals surface area contributed by atoms with Crippen LogP contribution in [-0.4, -0.2) is 35.1 Å². The molecule has 1 aliphatic rings. The van der Waals surface area contributed by atoms with Crippen molar-refractivity contribution in [3.8, 4) is 0 Å². The van der Waals surface area contributed by atoms with Crippen molar-refractivity contribution >= 4 is 12.0 Å². The van der Waals surface area contributed by atoms with E-state index in [-0.39, 0.29) is 24.1 Å². The lowest BCUT2D eigenvalue weighted by Crippen LogP contribution is -2.45. The Morgan fingerprint density at radius 2 is 1.83 bits per heavy atom.